The van der Waals surface area contributed by atoms with Gasteiger partial charge in [-0.15, -0.1) is 0 Å². The van der Waals surface area contributed by atoms with Gasteiger partial charge >= 0.3 is 0 Å². The maximum absolute atomic E-state index is 9.98. The van der Waals surface area contributed by atoms with Gasteiger partial charge in [0.2, 0.25) is 0 Å². The molecule has 0 aliphatic rings. The molecule has 0 fully saturated rings. The molecule has 0 saturated heterocycles. The largest absolute Gasteiger partial charge is 0.309 e. The van der Waals surface area contributed by atoms with Crippen molar-refractivity contribution in [3.63, 3.8) is 0 Å². The van der Waals surface area contributed by atoms with Crippen molar-refractivity contribution in [2.24, 2.45) is 0 Å². The third-order valence-electron chi connectivity index (χ3n) is 10.2. The lowest BCUT2D eigenvalue weighted by molar-refractivity contribution is 1.07. The Labute approximate surface area is 333 Å². The minimum Gasteiger partial charge on any atom is -0.309 e. The van der Waals surface area contributed by atoms with Crippen molar-refractivity contribution in [3.8, 4) is 56.7 Å². The van der Waals surface area contributed by atoms with Crippen molar-refractivity contribution < 1.29 is 9.60 Å². The van der Waals surface area contributed by atoms with E-state index in [-0.39, 0.29) is 57.6 Å². The topological polar surface area (TPSA) is 48.5 Å². The molecule has 0 saturated carbocycles. The molecule has 0 bridgehead atoms. The molecule has 8 aromatic carbocycles. The maximum Gasteiger partial charge on any atom is 0.164 e. The van der Waals surface area contributed by atoms with E-state index in [9.17, 15) is 5.48 Å². The molecule has 0 N–H and O–H groups in total. The van der Waals surface area contributed by atoms with Gasteiger partial charge in [0.05, 0.1) is 31.7 Å². The normalized spacial score (nSPS) is 13.3. The molecule has 5 heteroatoms. The zero-order valence-electron chi connectivity index (χ0n) is 36.7. The predicted molar refractivity (Wildman–Crippen MR) is 230 cm³/mol. The standard InChI is InChI=1S/C51H33N5/c1-4-15-34(16-5-1)49-52-50(35-17-6-2-7-18-35)54-51(53-49)38-19-14-22-40(31-38)56-45-25-12-10-23-41(45)43-29-27-37(33-48(43)56)36-28-30-47-44(32-36)42-24-11-13-26-46(42)55(47)39-20-8-3-9-21-39/h1-33H/i10D,12D,23D,25D,27D,29D,33D. The lowest BCUT2D eigenvalue weighted by atomic mass is 10.0. The molecule has 11 rings (SSSR count). The van der Waals surface area contributed by atoms with Crippen molar-refractivity contribution in [3.05, 3.63) is 200 Å². The Hall–Kier alpha value is -7.63. The van der Waals surface area contributed by atoms with Crippen molar-refractivity contribution in [2.45, 2.75) is 0 Å². The average Bonchev–Trinajstić information content (AvgIpc) is 3.87. The van der Waals surface area contributed by atoms with E-state index in [0.717, 1.165) is 38.6 Å². The third kappa shape index (κ3) is 5.29. The van der Waals surface area contributed by atoms with Crippen LogP contribution in [0.25, 0.3) is 100 Å². The fourth-order valence-corrected chi connectivity index (χ4v) is 7.62. The fourth-order valence-electron chi connectivity index (χ4n) is 7.62. The molecule has 0 aliphatic heterocycles. The van der Waals surface area contributed by atoms with Crippen LogP contribution in [0, 0.1) is 0 Å². The summed E-state index contributed by atoms with van der Waals surface area (Å²) in [4.78, 5) is 14.7. The van der Waals surface area contributed by atoms with Gasteiger partial charge in [0.15, 0.2) is 17.5 Å². The van der Waals surface area contributed by atoms with E-state index < -0.39 is 12.1 Å². The molecule has 0 amide bonds. The molecule has 0 atom stereocenters. The van der Waals surface area contributed by atoms with E-state index >= 15 is 0 Å². The fraction of sp³-hybridized carbons (Fsp3) is 0. The molecule has 3 aromatic heterocycles. The second-order valence-electron chi connectivity index (χ2n) is 13.5. The van der Waals surface area contributed by atoms with Gasteiger partial charge in [0, 0.05) is 49.6 Å². The van der Waals surface area contributed by atoms with Crippen LogP contribution in [0.1, 0.15) is 9.60 Å². The van der Waals surface area contributed by atoms with Crippen LogP contribution in [0.15, 0.2) is 200 Å². The van der Waals surface area contributed by atoms with E-state index in [1.165, 1.54) is 0 Å². The first-order valence-electron chi connectivity index (χ1n) is 21.8. The molecule has 262 valence electrons. The molecule has 0 radical (unpaired) electrons. The minimum absolute atomic E-state index is 0.0687. The van der Waals surface area contributed by atoms with Crippen LogP contribution in [0.2, 0.25) is 0 Å². The summed E-state index contributed by atoms with van der Waals surface area (Å²) in [6, 6.07) is 48.4. The summed E-state index contributed by atoms with van der Waals surface area (Å²) >= 11 is 0. The molecule has 0 unspecified atom stereocenters. The van der Waals surface area contributed by atoms with Crippen molar-refractivity contribution in [1.82, 2.24) is 24.1 Å². The first kappa shape index (κ1) is 25.4. The Bertz CT molecular complexity index is 3590. The van der Waals surface area contributed by atoms with Gasteiger partial charge in [-0.1, -0.05) is 145 Å². The van der Waals surface area contributed by atoms with Crippen molar-refractivity contribution in [2.75, 3.05) is 0 Å². The molecule has 3 heterocycles. The number of rotatable bonds is 6. The van der Waals surface area contributed by atoms with Gasteiger partial charge in [0.25, 0.3) is 0 Å². The van der Waals surface area contributed by atoms with Crippen molar-refractivity contribution in [1.29, 1.82) is 0 Å². The Morgan fingerprint density at radius 1 is 0.339 bits per heavy atom. The predicted octanol–water partition coefficient (Wildman–Crippen LogP) is 12.7. The Balaban J connectivity index is 1.18. The van der Waals surface area contributed by atoms with Crippen LogP contribution in [0.5, 0.6) is 0 Å². The van der Waals surface area contributed by atoms with Gasteiger partial charge < -0.3 is 9.13 Å². The molecule has 11 aromatic rings. The number of nitrogens with zero attached hydrogens (tertiary/aromatic N) is 5. The first-order valence-corrected chi connectivity index (χ1v) is 18.3. The SMILES string of the molecule is [2H]c1c([2H])c([2H])c2c(c1[2H])c1c([2H])c([2H])c(-c3ccc4c(c3)c3ccccc3n4-c3ccccc3)c([2H])c1n2-c1cccc(-c2nc(-c3ccccc3)nc(-c3ccccc3)n2)c1. The number of fused-ring (bicyclic) bond motifs is 6. The highest BCUT2D eigenvalue weighted by Crippen LogP contribution is 2.38. The van der Waals surface area contributed by atoms with Gasteiger partial charge in [-0.25, -0.2) is 15.0 Å². The second kappa shape index (κ2) is 13.0. The molecular formula is C51H33N5. The van der Waals surface area contributed by atoms with E-state index in [4.69, 9.17) is 19.1 Å². The summed E-state index contributed by atoms with van der Waals surface area (Å²) in [7, 11) is 0. The number of aromatic nitrogens is 5. The number of hydrogen-bond donors (Lipinski definition) is 0. The maximum atomic E-state index is 9.98. The van der Waals surface area contributed by atoms with E-state index in [2.05, 4.69) is 28.8 Å². The number of hydrogen-bond acceptors (Lipinski definition) is 3. The third-order valence-corrected chi connectivity index (χ3v) is 10.2. The summed E-state index contributed by atoms with van der Waals surface area (Å²) in [5, 5.41) is 2.06. The summed E-state index contributed by atoms with van der Waals surface area (Å²) in [6.45, 7) is 0. The van der Waals surface area contributed by atoms with E-state index in [0.29, 0.717) is 34.3 Å². The quantitative estimate of drug-likeness (QED) is 0.172. The van der Waals surface area contributed by atoms with Gasteiger partial charge in [-0.05, 0) is 65.7 Å². The molecule has 0 spiro atoms. The molecule has 0 aliphatic carbocycles. The Kier molecular flexibility index (Phi) is 5.92. The lowest BCUT2D eigenvalue weighted by Gasteiger charge is -2.12. The van der Waals surface area contributed by atoms with Crippen LogP contribution in [0.3, 0.4) is 0 Å². The highest BCUT2D eigenvalue weighted by atomic mass is 15.0. The summed E-state index contributed by atoms with van der Waals surface area (Å²) in [5.41, 5.74) is 6.63. The average molecular weight is 723 g/mol. The highest BCUT2D eigenvalue weighted by molar-refractivity contribution is 6.12. The molecule has 56 heavy (non-hydrogen) atoms. The lowest BCUT2D eigenvalue weighted by Crippen LogP contribution is -2.01. The van der Waals surface area contributed by atoms with E-state index in [1.807, 2.05) is 127 Å². The second-order valence-corrected chi connectivity index (χ2v) is 13.5. The van der Waals surface area contributed by atoms with Crippen molar-refractivity contribution >= 4 is 43.6 Å². The van der Waals surface area contributed by atoms with Gasteiger partial charge in [0.1, 0.15) is 0 Å². The Morgan fingerprint density at radius 3 is 1.66 bits per heavy atom. The summed E-state index contributed by atoms with van der Waals surface area (Å²) in [6.07, 6.45) is 0. The zero-order chi connectivity index (χ0) is 43.1. The van der Waals surface area contributed by atoms with Crippen LogP contribution >= 0.6 is 0 Å². The van der Waals surface area contributed by atoms with Gasteiger partial charge in [-0.3, -0.25) is 0 Å². The highest BCUT2D eigenvalue weighted by Gasteiger charge is 2.18. The number of para-hydroxylation sites is 3. The smallest absolute Gasteiger partial charge is 0.164 e. The first-order chi connectivity index (χ1) is 30.7. The number of benzene rings is 8. The molecular weight excluding hydrogens is 683 g/mol. The van der Waals surface area contributed by atoms with Crippen LogP contribution in [0.4, 0.5) is 0 Å². The summed E-state index contributed by atoms with van der Waals surface area (Å²) in [5.74, 6) is 1.32. The summed E-state index contributed by atoms with van der Waals surface area (Å²) < 4.78 is 68.6. The van der Waals surface area contributed by atoms with Crippen LogP contribution < -0.4 is 0 Å². The van der Waals surface area contributed by atoms with E-state index in [1.54, 1.807) is 10.6 Å². The molecule has 5 nitrogen and oxygen atoms in total. The Morgan fingerprint density at radius 2 is 0.911 bits per heavy atom. The van der Waals surface area contributed by atoms with Crippen LogP contribution in [-0.2, 0) is 0 Å². The minimum atomic E-state index is -0.464. The monoisotopic (exact) mass is 722 g/mol. The zero-order valence-corrected chi connectivity index (χ0v) is 29.7. The van der Waals surface area contributed by atoms with Crippen LogP contribution in [-0.4, -0.2) is 24.1 Å². The van der Waals surface area contributed by atoms with Gasteiger partial charge in [-0.2, -0.15) is 0 Å².